The molecule has 1 aromatic rings. The summed E-state index contributed by atoms with van der Waals surface area (Å²) >= 11 is 0. The van der Waals surface area contributed by atoms with Crippen LogP contribution in [0.1, 0.15) is 51.2 Å². The molecule has 26 heavy (non-hydrogen) atoms. The Morgan fingerprint density at radius 3 is 2.73 bits per heavy atom. The number of aliphatic imine (C=N–C) groups is 1. The van der Waals surface area contributed by atoms with Gasteiger partial charge in [-0.25, -0.2) is 0 Å². The summed E-state index contributed by atoms with van der Waals surface area (Å²) in [5, 5.41) is 10.7. The van der Waals surface area contributed by atoms with Crippen LogP contribution in [0.15, 0.2) is 9.52 Å². The predicted octanol–water partition coefficient (Wildman–Crippen LogP) is 1.40. The van der Waals surface area contributed by atoms with E-state index in [2.05, 4.69) is 51.4 Å². The van der Waals surface area contributed by atoms with Crippen molar-refractivity contribution >= 4 is 5.96 Å². The minimum absolute atomic E-state index is 0.299. The topological polar surface area (TPSA) is 87.8 Å². The average molecular weight is 367 g/mol. The van der Waals surface area contributed by atoms with Gasteiger partial charge in [0.15, 0.2) is 11.8 Å². The molecular weight excluding hydrogens is 332 g/mol. The molecule has 0 saturated carbocycles. The highest BCUT2D eigenvalue weighted by Gasteiger charge is 2.10. The van der Waals surface area contributed by atoms with Crippen molar-refractivity contribution in [3.05, 3.63) is 11.7 Å². The minimum Gasteiger partial charge on any atom is -0.379 e. The van der Waals surface area contributed by atoms with E-state index in [0.29, 0.717) is 11.8 Å². The molecule has 1 aromatic heterocycles. The molecule has 1 aliphatic rings. The van der Waals surface area contributed by atoms with Gasteiger partial charge in [-0.3, -0.25) is 9.89 Å². The molecule has 1 saturated heterocycles. The van der Waals surface area contributed by atoms with Crippen LogP contribution in [0, 0.1) is 0 Å². The zero-order chi connectivity index (χ0) is 18.6. The molecule has 0 radical (unpaired) electrons. The number of ether oxygens (including phenoxy) is 1. The van der Waals surface area contributed by atoms with E-state index in [0.717, 1.165) is 83.5 Å². The molecule has 0 aromatic carbocycles. The summed E-state index contributed by atoms with van der Waals surface area (Å²) in [6.45, 7) is 13.6. The second-order valence-corrected chi connectivity index (χ2v) is 6.80. The van der Waals surface area contributed by atoms with Gasteiger partial charge in [-0.15, -0.1) is 0 Å². The van der Waals surface area contributed by atoms with Crippen LogP contribution in [0.5, 0.6) is 0 Å². The van der Waals surface area contributed by atoms with Crippen LogP contribution in [0.2, 0.25) is 0 Å². The summed E-state index contributed by atoms with van der Waals surface area (Å²) in [5.41, 5.74) is 0. The van der Waals surface area contributed by atoms with E-state index in [1.165, 1.54) is 0 Å². The van der Waals surface area contributed by atoms with Gasteiger partial charge in [0.05, 0.1) is 13.2 Å². The first-order chi connectivity index (χ1) is 12.7. The summed E-state index contributed by atoms with van der Waals surface area (Å²) in [5.74, 6) is 2.65. The zero-order valence-corrected chi connectivity index (χ0v) is 16.5. The molecule has 1 fully saturated rings. The van der Waals surface area contributed by atoms with Gasteiger partial charge < -0.3 is 19.9 Å². The van der Waals surface area contributed by atoms with Crippen molar-refractivity contribution in [3.8, 4) is 0 Å². The van der Waals surface area contributed by atoms with Gasteiger partial charge in [-0.2, -0.15) is 4.98 Å². The third-order valence-corrected chi connectivity index (χ3v) is 4.21. The van der Waals surface area contributed by atoms with Crippen molar-refractivity contribution < 1.29 is 9.26 Å². The van der Waals surface area contributed by atoms with Crippen LogP contribution in [0.3, 0.4) is 0 Å². The van der Waals surface area contributed by atoms with Gasteiger partial charge in [0.1, 0.15) is 0 Å². The number of nitrogens with one attached hydrogen (secondary N) is 2. The van der Waals surface area contributed by atoms with Crippen LogP contribution in [-0.2, 0) is 11.2 Å². The van der Waals surface area contributed by atoms with E-state index in [1.54, 1.807) is 0 Å². The maximum absolute atomic E-state index is 5.37. The molecule has 2 rings (SSSR count). The Balaban J connectivity index is 1.63. The first-order valence-electron chi connectivity index (χ1n) is 9.83. The number of guanidine groups is 1. The van der Waals surface area contributed by atoms with Crippen LogP contribution in [-0.4, -0.2) is 73.5 Å². The number of hydrogen-bond donors (Lipinski definition) is 2. The monoisotopic (exact) mass is 366 g/mol. The molecule has 0 amide bonds. The van der Waals surface area contributed by atoms with Gasteiger partial charge >= 0.3 is 0 Å². The van der Waals surface area contributed by atoms with Crippen molar-refractivity contribution in [1.29, 1.82) is 0 Å². The molecular formula is C18H34N6O2. The quantitative estimate of drug-likeness (QED) is 0.368. The predicted molar refractivity (Wildman–Crippen MR) is 103 cm³/mol. The SMILES string of the molecule is CCNC(=NCCCc1nc(C(C)C)no1)NCCCN1CCOCC1. The largest absolute Gasteiger partial charge is 0.379 e. The van der Waals surface area contributed by atoms with Gasteiger partial charge in [-0.1, -0.05) is 19.0 Å². The summed E-state index contributed by atoms with van der Waals surface area (Å²) in [4.78, 5) is 11.5. The normalized spacial score (nSPS) is 16.2. The summed E-state index contributed by atoms with van der Waals surface area (Å²) < 4.78 is 10.6. The van der Waals surface area contributed by atoms with Crippen LogP contribution >= 0.6 is 0 Å². The van der Waals surface area contributed by atoms with Crippen molar-refractivity contribution in [2.45, 2.75) is 46.0 Å². The highest BCUT2D eigenvalue weighted by atomic mass is 16.5. The smallest absolute Gasteiger partial charge is 0.226 e. The third-order valence-electron chi connectivity index (χ3n) is 4.21. The highest BCUT2D eigenvalue weighted by molar-refractivity contribution is 5.79. The lowest BCUT2D eigenvalue weighted by Crippen LogP contribution is -2.40. The Hall–Kier alpha value is -1.67. The molecule has 148 valence electrons. The number of aromatic nitrogens is 2. The van der Waals surface area contributed by atoms with Crippen molar-refractivity contribution in [1.82, 2.24) is 25.7 Å². The molecule has 0 aliphatic carbocycles. The molecule has 0 atom stereocenters. The maximum atomic E-state index is 5.37. The lowest BCUT2D eigenvalue weighted by atomic mass is 10.2. The van der Waals surface area contributed by atoms with E-state index < -0.39 is 0 Å². The second kappa shape index (κ2) is 11.9. The fourth-order valence-corrected chi connectivity index (χ4v) is 2.70. The second-order valence-electron chi connectivity index (χ2n) is 6.80. The fraction of sp³-hybridized carbons (Fsp3) is 0.833. The van der Waals surface area contributed by atoms with Gasteiger partial charge in [0.2, 0.25) is 5.89 Å². The first kappa shape index (κ1) is 20.6. The lowest BCUT2D eigenvalue weighted by Gasteiger charge is -2.26. The Bertz CT molecular complexity index is 526. The maximum Gasteiger partial charge on any atom is 0.226 e. The standard InChI is InChI=1S/C18H34N6O2/c1-4-19-18(21-9-6-10-24-11-13-25-14-12-24)20-8-5-7-16-22-17(15(2)3)23-26-16/h15H,4-14H2,1-3H3,(H2,19,20,21). The lowest BCUT2D eigenvalue weighted by molar-refractivity contribution is 0.0376. The number of rotatable bonds is 10. The van der Waals surface area contributed by atoms with E-state index >= 15 is 0 Å². The Labute approximate surface area is 156 Å². The van der Waals surface area contributed by atoms with Gasteiger partial charge in [-0.05, 0) is 26.3 Å². The van der Waals surface area contributed by atoms with E-state index in [9.17, 15) is 0 Å². The van der Waals surface area contributed by atoms with Crippen LogP contribution < -0.4 is 10.6 Å². The third kappa shape index (κ3) is 7.70. The molecule has 0 bridgehead atoms. The van der Waals surface area contributed by atoms with Gasteiger partial charge in [0.25, 0.3) is 0 Å². The van der Waals surface area contributed by atoms with Crippen molar-refractivity contribution in [3.63, 3.8) is 0 Å². The van der Waals surface area contributed by atoms with E-state index in [4.69, 9.17) is 9.26 Å². The number of morpholine rings is 1. The molecule has 0 unspecified atom stereocenters. The molecule has 1 aliphatic heterocycles. The van der Waals surface area contributed by atoms with Crippen molar-refractivity contribution in [2.75, 3.05) is 52.5 Å². The molecule has 8 heteroatoms. The van der Waals surface area contributed by atoms with E-state index in [1.807, 2.05) is 0 Å². The Morgan fingerprint density at radius 1 is 1.23 bits per heavy atom. The molecule has 0 spiro atoms. The zero-order valence-electron chi connectivity index (χ0n) is 16.5. The van der Waals surface area contributed by atoms with Gasteiger partial charge in [0, 0.05) is 45.1 Å². The fourth-order valence-electron chi connectivity index (χ4n) is 2.70. The Morgan fingerprint density at radius 2 is 2.04 bits per heavy atom. The summed E-state index contributed by atoms with van der Waals surface area (Å²) in [6.07, 6.45) is 2.76. The highest BCUT2D eigenvalue weighted by Crippen LogP contribution is 2.10. The number of nitrogens with zero attached hydrogens (tertiary/aromatic N) is 4. The Kier molecular flexibility index (Phi) is 9.41. The summed E-state index contributed by atoms with van der Waals surface area (Å²) in [7, 11) is 0. The summed E-state index contributed by atoms with van der Waals surface area (Å²) in [6, 6.07) is 0. The molecule has 2 N–H and O–H groups in total. The van der Waals surface area contributed by atoms with E-state index in [-0.39, 0.29) is 0 Å². The average Bonchev–Trinajstić information content (AvgIpc) is 3.12. The molecule has 2 heterocycles. The number of hydrogen-bond acceptors (Lipinski definition) is 6. The van der Waals surface area contributed by atoms with Crippen molar-refractivity contribution in [2.24, 2.45) is 4.99 Å². The van der Waals surface area contributed by atoms with Crippen LogP contribution in [0.4, 0.5) is 0 Å². The minimum atomic E-state index is 0.299. The van der Waals surface area contributed by atoms with Crippen LogP contribution in [0.25, 0.3) is 0 Å². The number of aryl methyl sites for hydroxylation is 1. The molecule has 8 nitrogen and oxygen atoms in total. The first-order valence-corrected chi connectivity index (χ1v) is 9.83.